The van der Waals surface area contributed by atoms with Crippen LogP contribution in [0.25, 0.3) is 0 Å². The largest absolute Gasteiger partial charge is 0.308 e. The summed E-state index contributed by atoms with van der Waals surface area (Å²) >= 11 is 0. The second-order valence-corrected chi connectivity index (χ2v) is 7.64. The summed E-state index contributed by atoms with van der Waals surface area (Å²) in [5.74, 6) is -2.25. The van der Waals surface area contributed by atoms with Crippen LogP contribution in [0.3, 0.4) is 0 Å². The van der Waals surface area contributed by atoms with Gasteiger partial charge in [0, 0.05) is 19.6 Å². The summed E-state index contributed by atoms with van der Waals surface area (Å²) in [5, 5.41) is 0. The average Bonchev–Trinajstić information content (AvgIpc) is 2.54. The molecule has 0 aliphatic carbocycles. The Hall–Kier alpha value is -1.54. The van der Waals surface area contributed by atoms with Gasteiger partial charge in [0.2, 0.25) is 10.0 Å². The third-order valence-corrected chi connectivity index (χ3v) is 5.37. The molecule has 0 bridgehead atoms. The van der Waals surface area contributed by atoms with Crippen LogP contribution in [0.4, 0.5) is 8.78 Å². The van der Waals surface area contributed by atoms with Gasteiger partial charge in [-0.05, 0) is 37.9 Å². The van der Waals surface area contributed by atoms with Crippen LogP contribution in [-0.4, -0.2) is 44.8 Å². The summed E-state index contributed by atoms with van der Waals surface area (Å²) in [7, 11) is -0.258. The first kappa shape index (κ1) is 21.5. The molecule has 0 atom stereocenters. The highest BCUT2D eigenvalue weighted by Crippen LogP contribution is 2.20. The number of nitrogens with zero attached hydrogens (tertiary/aromatic N) is 2. The third kappa shape index (κ3) is 5.74. The molecule has 0 aliphatic rings. The predicted molar refractivity (Wildman–Crippen MR) is 96.2 cm³/mol. The number of hydrogen-bond acceptors (Lipinski definition) is 3. The van der Waals surface area contributed by atoms with Crippen molar-refractivity contribution in [2.75, 3.05) is 27.2 Å². The van der Waals surface area contributed by atoms with Crippen LogP contribution < -0.4 is 0 Å². The Morgan fingerprint density at radius 1 is 0.920 bits per heavy atom. The van der Waals surface area contributed by atoms with Gasteiger partial charge in [-0.15, -0.1) is 12.4 Å². The topological polar surface area (TPSA) is 40.6 Å². The van der Waals surface area contributed by atoms with E-state index in [1.165, 1.54) is 4.31 Å². The SMILES string of the molecule is CN(C)CCN(Cc1ccccc1)S(=O)(=O)c1ccc(F)c(F)c1.Cl. The van der Waals surface area contributed by atoms with Crippen molar-refractivity contribution in [1.82, 2.24) is 9.21 Å². The van der Waals surface area contributed by atoms with E-state index in [0.29, 0.717) is 6.54 Å². The smallest absolute Gasteiger partial charge is 0.243 e. The molecule has 0 aliphatic heterocycles. The number of halogens is 3. The lowest BCUT2D eigenvalue weighted by Crippen LogP contribution is -2.36. The lowest BCUT2D eigenvalue weighted by molar-refractivity contribution is 0.329. The Labute approximate surface area is 153 Å². The van der Waals surface area contributed by atoms with Gasteiger partial charge < -0.3 is 4.90 Å². The highest BCUT2D eigenvalue weighted by molar-refractivity contribution is 7.89. The Morgan fingerprint density at radius 3 is 2.12 bits per heavy atom. The molecule has 0 amide bonds. The molecule has 2 aromatic rings. The Kier molecular flexibility index (Phi) is 7.95. The number of sulfonamides is 1. The molecule has 0 aromatic heterocycles. The monoisotopic (exact) mass is 390 g/mol. The van der Waals surface area contributed by atoms with Crippen LogP contribution in [0.1, 0.15) is 5.56 Å². The number of rotatable bonds is 7. The number of benzene rings is 2. The van der Waals surface area contributed by atoms with Crippen LogP contribution in [0, 0.1) is 11.6 Å². The highest BCUT2D eigenvalue weighted by atomic mass is 35.5. The van der Waals surface area contributed by atoms with Crippen LogP contribution in [0.15, 0.2) is 53.4 Å². The molecule has 138 valence electrons. The zero-order valence-corrected chi connectivity index (χ0v) is 15.7. The third-order valence-electron chi connectivity index (χ3n) is 3.53. The van der Waals surface area contributed by atoms with Crippen molar-refractivity contribution in [2.24, 2.45) is 0 Å². The standard InChI is InChI=1S/C17H20F2N2O2S.ClH/c1-20(2)10-11-21(13-14-6-4-3-5-7-14)24(22,23)15-8-9-16(18)17(19)12-15;/h3-9,12H,10-11,13H2,1-2H3;1H. The summed E-state index contributed by atoms with van der Waals surface area (Å²) in [6.45, 7) is 0.912. The van der Waals surface area contributed by atoms with Gasteiger partial charge in [0.05, 0.1) is 4.90 Å². The van der Waals surface area contributed by atoms with Crippen LogP contribution in [-0.2, 0) is 16.6 Å². The fourth-order valence-corrected chi connectivity index (χ4v) is 3.60. The van der Waals surface area contributed by atoms with Crippen molar-refractivity contribution < 1.29 is 17.2 Å². The fourth-order valence-electron chi connectivity index (χ4n) is 2.17. The quantitative estimate of drug-likeness (QED) is 0.729. The van der Waals surface area contributed by atoms with Crippen molar-refractivity contribution in [3.8, 4) is 0 Å². The molecule has 8 heteroatoms. The van der Waals surface area contributed by atoms with Crippen molar-refractivity contribution in [2.45, 2.75) is 11.4 Å². The minimum Gasteiger partial charge on any atom is -0.308 e. The van der Waals surface area contributed by atoms with E-state index < -0.39 is 21.7 Å². The van der Waals surface area contributed by atoms with E-state index in [1.807, 2.05) is 49.3 Å². The Bertz CT molecular complexity index is 786. The van der Waals surface area contributed by atoms with Crippen molar-refractivity contribution in [3.05, 3.63) is 65.7 Å². The van der Waals surface area contributed by atoms with E-state index in [2.05, 4.69) is 0 Å². The van der Waals surface area contributed by atoms with E-state index in [4.69, 9.17) is 0 Å². The van der Waals surface area contributed by atoms with Gasteiger partial charge in [0.25, 0.3) is 0 Å². The molecule has 0 radical (unpaired) electrons. The minimum atomic E-state index is -3.93. The van der Waals surface area contributed by atoms with E-state index >= 15 is 0 Å². The molecule has 0 spiro atoms. The minimum absolute atomic E-state index is 0. The summed E-state index contributed by atoms with van der Waals surface area (Å²) in [6, 6.07) is 11.8. The van der Waals surface area contributed by atoms with Gasteiger partial charge in [0.15, 0.2) is 11.6 Å². The zero-order valence-electron chi connectivity index (χ0n) is 14.0. The molecule has 2 rings (SSSR count). The Morgan fingerprint density at radius 2 is 1.56 bits per heavy atom. The number of likely N-dealkylation sites (N-methyl/N-ethyl adjacent to an activating group) is 1. The van der Waals surface area contributed by atoms with Gasteiger partial charge in [-0.25, -0.2) is 17.2 Å². The normalized spacial score (nSPS) is 11.6. The van der Waals surface area contributed by atoms with Gasteiger partial charge in [-0.1, -0.05) is 30.3 Å². The zero-order chi connectivity index (χ0) is 17.7. The van der Waals surface area contributed by atoms with Gasteiger partial charge in [-0.3, -0.25) is 0 Å². The molecule has 0 saturated heterocycles. The first-order valence-corrected chi connectivity index (χ1v) is 8.88. The molecular formula is C17H21ClF2N2O2S. The summed E-state index contributed by atoms with van der Waals surface area (Å²) < 4.78 is 53.5. The fraction of sp³-hybridized carbons (Fsp3) is 0.294. The molecule has 0 N–H and O–H groups in total. The Balaban J connectivity index is 0.00000312. The van der Waals surface area contributed by atoms with Crippen molar-refractivity contribution >= 4 is 22.4 Å². The van der Waals surface area contributed by atoms with Crippen LogP contribution in [0.2, 0.25) is 0 Å². The second-order valence-electron chi connectivity index (χ2n) is 5.70. The molecule has 4 nitrogen and oxygen atoms in total. The van der Waals surface area contributed by atoms with Gasteiger partial charge in [0.1, 0.15) is 0 Å². The van der Waals surface area contributed by atoms with Crippen LogP contribution in [0.5, 0.6) is 0 Å². The molecule has 0 fully saturated rings. The molecule has 0 unspecified atom stereocenters. The maximum atomic E-state index is 13.4. The van der Waals surface area contributed by atoms with Crippen molar-refractivity contribution in [3.63, 3.8) is 0 Å². The molecule has 0 saturated carbocycles. The lowest BCUT2D eigenvalue weighted by Gasteiger charge is -2.24. The molecule has 25 heavy (non-hydrogen) atoms. The summed E-state index contributed by atoms with van der Waals surface area (Å²) in [4.78, 5) is 1.61. The molecule has 2 aromatic carbocycles. The summed E-state index contributed by atoms with van der Waals surface area (Å²) in [5.41, 5.74) is 0.822. The first-order chi connectivity index (χ1) is 11.3. The lowest BCUT2D eigenvalue weighted by atomic mass is 10.2. The maximum Gasteiger partial charge on any atom is 0.243 e. The summed E-state index contributed by atoms with van der Waals surface area (Å²) in [6.07, 6.45) is 0. The second kappa shape index (κ2) is 9.24. The maximum absolute atomic E-state index is 13.4. The van der Waals surface area contributed by atoms with Gasteiger partial charge >= 0.3 is 0 Å². The van der Waals surface area contributed by atoms with Gasteiger partial charge in [-0.2, -0.15) is 4.31 Å². The highest BCUT2D eigenvalue weighted by Gasteiger charge is 2.25. The van der Waals surface area contributed by atoms with E-state index in [0.717, 1.165) is 23.8 Å². The van der Waals surface area contributed by atoms with E-state index in [-0.39, 0.29) is 30.4 Å². The van der Waals surface area contributed by atoms with E-state index in [9.17, 15) is 17.2 Å². The first-order valence-electron chi connectivity index (χ1n) is 7.44. The predicted octanol–water partition coefficient (Wildman–Crippen LogP) is 3.14. The average molecular weight is 391 g/mol. The van der Waals surface area contributed by atoms with E-state index in [1.54, 1.807) is 0 Å². The molecular weight excluding hydrogens is 370 g/mol. The van der Waals surface area contributed by atoms with Crippen molar-refractivity contribution in [1.29, 1.82) is 0 Å². The van der Waals surface area contributed by atoms with Crippen LogP contribution >= 0.6 is 12.4 Å². The molecule has 0 heterocycles. The number of hydrogen-bond donors (Lipinski definition) is 0.